The number of nitrogens with zero attached hydrogens (tertiary/aromatic N) is 4. The number of ether oxygens (including phenoxy) is 3. The van der Waals surface area contributed by atoms with Gasteiger partial charge in [-0.05, 0) is 29.8 Å². The highest BCUT2D eigenvalue weighted by molar-refractivity contribution is 6.00. The van der Waals surface area contributed by atoms with E-state index in [0.717, 1.165) is 24.8 Å². The van der Waals surface area contributed by atoms with Crippen LogP contribution in [0.2, 0.25) is 0 Å². The number of aromatic nitrogens is 3. The van der Waals surface area contributed by atoms with Crippen molar-refractivity contribution >= 4 is 17.7 Å². The normalized spacial score (nSPS) is 16.2. The molecule has 0 unspecified atom stereocenters. The topological polar surface area (TPSA) is 137 Å². The summed E-state index contributed by atoms with van der Waals surface area (Å²) in [7, 11) is 2.61. The number of hydrogen-bond acceptors (Lipinski definition) is 8. The highest BCUT2D eigenvalue weighted by Crippen LogP contribution is 2.31. The Morgan fingerprint density at radius 3 is 2.50 bits per heavy atom. The summed E-state index contributed by atoms with van der Waals surface area (Å²) in [6, 6.07) is 15.0. The molecule has 1 atom stereocenters. The van der Waals surface area contributed by atoms with Crippen molar-refractivity contribution in [3.05, 3.63) is 101 Å². The number of nitrogens with one attached hydrogen (secondary N) is 2. The summed E-state index contributed by atoms with van der Waals surface area (Å²) in [6.45, 7) is 0.765. The third kappa shape index (κ3) is 8.24. The fourth-order valence-corrected chi connectivity index (χ4v) is 5.33. The number of carbonyl (C=O) groups is 3. The minimum atomic E-state index is -1.02. The Morgan fingerprint density at radius 2 is 1.77 bits per heavy atom. The van der Waals surface area contributed by atoms with E-state index < -0.39 is 41.1 Å². The van der Waals surface area contributed by atoms with E-state index >= 15 is 0 Å². The summed E-state index contributed by atoms with van der Waals surface area (Å²) in [6.07, 6.45) is 2.72. The minimum absolute atomic E-state index is 0.00610. The van der Waals surface area contributed by atoms with E-state index in [1.807, 2.05) is 30.3 Å². The van der Waals surface area contributed by atoms with Gasteiger partial charge >= 0.3 is 0 Å². The van der Waals surface area contributed by atoms with Crippen molar-refractivity contribution in [2.24, 2.45) is 0 Å². The number of carbonyl (C=O) groups excluding carboxylic acids is 3. The van der Waals surface area contributed by atoms with Crippen LogP contribution in [0.3, 0.4) is 0 Å². The van der Waals surface area contributed by atoms with Gasteiger partial charge in [-0.3, -0.25) is 19.1 Å². The van der Waals surface area contributed by atoms with Crippen molar-refractivity contribution < 1.29 is 37.4 Å². The Morgan fingerprint density at radius 1 is 1.00 bits per heavy atom. The SMILES string of the molecule is COc1cccc2c1OCCCn1cc(nn1)CCN(C(=O)c1cc(F)c(OC)c(F)c1)CCNC(=O)[C@H](Cc1ccccc1)NC2=O. The van der Waals surface area contributed by atoms with Crippen molar-refractivity contribution in [2.45, 2.75) is 31.8 Å². The van der Waals surface area contributed by atoms with Crippen LogP contribution in [0.1, 0.15) is 38.4 Å². The number of methoxy groups -OCH3 is 2. The molecule has 252 valence electrons. The molecule has 4 aromatic rings. The summed E-state index contributed by atoms with van der Waals surface area (Å²) in [5, 5.41) is 14.0. The van der Waals surface area contributed by atoms with E-state index in [4.69, 9.17) is 14.2 Å². The van der Waals surface area contributed by atoms with Gasteiger partial charge in [-0.25, -0.2) is 8.78 Å². The molecule has 48 heavy (non-hydrogen) atoms. The summed E-state index contributed by atoms with van der Waals surface area (Å²) in [4.78, 5) is 42.2. The largest absolute Gasteiger partial charge is 0.493 e. The molecule has 2 heterocycles. The molecule has 1 aliphatic rings. The molecule has 12 nitrogen and oxygen atoms in total. The maximum absolute atomic E-state index is 14.5. The molecule has 0 radical (unpaired) electrons. The number of para-hydroxylation sites is 1. The number of aryl methyl sites for hydroxylation is 1. The lowest BCUT2D eigenvalue weighted by molar-refractivity contribution is -0.123. The first-order valence-corrected chi connectivity index (χ1v) is 15.4. The molecular formula is C34H36F2N6O6. The first-order valence-electron chi connectivity index (χ1n) is 15.4. The van der Waals surface area contributed by atoms with Crippen LogP contribution in [0, 0.1) is 11.6 Å². The van der Waals surface area contributed by atoms with Crippen molar-refractivity contribution in [3.63, 3.8) is 0 Å². The highest BCUT2D eigenvalue weighted by Gasteiger charge is 2.26. The molecule has 3 amide bonds. The number of hydrogen-bond donors (Lipinski definition) is 2. The average Bonchev–Trinajstić information content (AvgIpc) is 3.54. The number of benzene rings is 3. The second-order valence-corrected chi connectivity index (χ2v) is 11.0. The molecule has 2 N–H and O–H groups in total. The van der Waals surface area contributed by atoms with E-state index in [0.29, 0.717) is 24.4 Å². The first kappa shape index (κ1) is 33.8. The zero-order valence-corrected chi connectivity index (χ0v) is 26.6. The fraction of sp³-hybridized carbons (Fsp3) is 0.324. The Labute approximate surface area is 276 Å². The van der Waals surface area contributed by atoms with Crippen LogP contribution in [-0.2, 0) is 24.2 Å². The molecule has 2 bridgehead atoms. The molecule has 0 spiro atoms. The van der Waals surface area contributed by atoms with Gasteiger partial charge in [-0.2, -0.15) is 0 Å². The quantitative estimate of drug-likeness (QED) is 0.333. The second-order valence-electron chi connectivity index (χ2n) is 11.0. The van der Waals surface area contributed by atoms with E-state index in [2.05, 4.69) is 20.9 Å². The van der Waals surface area contributed by atoms with Crippen LogP contribution in [0.4, 0.5) is 8.78 Å². The van der Waals surface area contributed by atoms with E-state index in [9.17, 15) is 23.2 Å². The maximum Gasteiger partial charge on any atom is 0.255 e. The standard InChI is InChI=1S/C34H36F2N6O6/c1-46-29-11-6-10-25-30(29)48-17-7-14-42-21-24(39-40-42)12-15-41(34(45)23-19-26(35)31(47-2)27(36)20-23)16-13-37-33(44)28(38-32(25)43)18-22-8-4-3-5-9-22/h3-6,8-11,19-21,28H,7,12-18H2,1-2H3,(H,37,44)(H,38,43)/t28-/m0/s1. The van der Waals surface area contributed by atoms with Crippen LogP contribution < -0.4 is 24.8 Å². The lowest BCUT2D eigenvalue weighted by Crippen LogP contribution is -2.50. The van der Waals surface area contributed by atoms with Crippen LogP contribution in [0.5, 0.6) is 17.2 Å². The number of rotatable bonds is 5. The maximum atomic E-state index is 14.5. The third-order valence-corrected chi connectivity index (χ3v) is 7.77. The minimum Gasteiger partial charge on any atom is -0.493 e. The predicted octanol–water partition coefficient (Wildman–Crippen LogP) is 3.20. The second kappa shape index (κ2) is 15.8. The van der Waals surface area contributed by atoms with E-state index in [1.54, 1.807) is 29.1 Å². The van der Waals surface area contributed by atoms with Gasteiger partial charge in [-0.15, -0.1) is 5.10 Å². The van der Waals surface area contributed by atoms with Crippen molar-refractivity contribution in [1.29, 1.82) is 0 Å². The number of fused-ring (bicyclic) bond motifs is 3. The zero-order chi connectivity index (χ0) is 34.0. The van der Waals surface area contributed by atoms with Crippen LogP contribution in [0.15, 0.2) is 66.9 Å². The van der Waals surface area contributed by atoms with Crippen molar-refractivity contribution in [3.8, 4) is 17.2 Å². The monoisotopic (exact) mass is 662 g/mol. The summed E-state index contributed by atoms with van der Waals surface area (Å²) < 4.78 is 46.9. The van der Waals surface area contributed by atoms with Crippen LogP contribution in [-0.4, -0.2) is 84.1 Å². The average molecular weight is 663 g/mol. The van der Waals surface area contributed by atoms with Crippen LogP contribution >= 0.6 is 0 Å². The van der Waals surface area contributed by atoms with Gasteiger partial charge in [0.2, 0.25) is 5.91 Å². The van der Waals surface area contributed by atoms with Gasteiger partial charge in [0.05, 0.1) is 32.1 Å². The van der Waals surface area contributed by atoms with Crippen LogP contribution in [0.25, 0.3) is 0 Å². The zero-order valence-electron chi connectivity index (χ0n) is 26.6. The molecule has 0 saturated carbocycles. The summed E-state index contributed by atoms with van der Waals surface area (Å²) >= 11 is 0. The predicted molar refractivity (Wildman–Crippen MR) is 170 cm³/mol. The van der Waals surface area contributed by atoms with Gasteiger partial charge in [0.15, 0.2) is 28.9 Å². The van der Waals surface area contributed by atoms with Gasteiger partial charge in [-0.1, -0.05) is 41.6 Å². The van der Waals surface area contributed by atoms with Crippen molar-refractivity contribution in [2.75, 3.05) is 40.5 Å². The smallest absolute Gasteiger partial charge is 0.255 e. The Hall–Kier alpha value is -5.53. The molecule has 5 rings (SSSR count). The molecular weight excluding hydrogens is 626 g/mol. The van der Waals surface area contributed by atoms with E-state index in [1.165, 1.54) is 12.0 Å². The molecule has 1 aliphatic heterocycles. The van der Waals surface area contributed by atoms with Crippen molar-refractivity contribution in [1.82, 2.24) is 30.5 Å². The molecule has 14 heteroatoms. The Balaban J connectivity index is 1.43. The summed E-state index contributed by atoms with van der Waals surface area (Å²) in [5.74, 6) is -3.71. The Kier molecular flexibility index (Phi) is 11.2. The fourth-order valence-electron chi connectivity index (χ4n) is 5.33. The Bertz CT molecular complexity index is 1730. The molecule has 0 saturated heterocycles. The van der Waals surface area contributed by atoms with Gasteiger partial charge in [0.1, 0.15) is 6.04 Å². The molecule has 0 fully saturated rings. The molecule has 3 aromatic carbocycles. The number of halogens is 2. The van der Waals surface area contributed by atoms with E-state index in [-0.39, 0.29) is 56.0 Å². The molecule has 1 aromatic heterocycles. The van der Waals surface area contributed by atoms with Gasteiger partial charge in [0, 0.05) is 57.2 Å². The lowest BCUT2D eigenvalue weighted by Gasteiger charge is -2.24. The third-order valence-electron chi connectivity index (χ3n) is 7.77. The highest BCUT2D eigenvalue weighted by atomic mass is 19.1. The first-order chi connectivity index (χ1) is 23.3. The van der Waals surface area contributed by atoms with Gasteiger partial charge < -0.3 is 29.7 Å². The van der Waals surface area contributed by atoms with Gasteiger partial charge in [0.25, 0.3) is 11.8 Å². The number of amides is 3. The molecule has 0 aliphatic carbocycles. The summed E-state index contributed by atoms with van der Waals surface area (Å²) in [5.41, 5.74) is 1.37. The lowest BCUT2D eigenvalue weighted by atomic mass is 10.0.